The van der Waals surface area contributed by atoms with Crippen molar-refractivity contribution in [2.24, 2.45) is 4.99 Å². The van der Waals surface area contributed by atoms with Crippen LogP contribution in [0.25, 0.3) is 11.4 Å². The summed E-state index contributed by atoms with van der Waals surface area (Å²) >= 11 is 5.89. The van der Waals surface area contributed by atoms with Crippen LogP contribution in [0.5, 0.6) is 5.75 Å². The molecule has 0 aliphatic rings. The van der Waals surface area contributed by atoms with Crippen molar-refractivity contribution in [3.05, 3.63) is 65.4 Å². The first-order chi connectivity index (χ1) is 13.6. The molecule has 1 atom stereocenters. The second-order valence-electron chi connectivity index (χ2n) is 6.22. The van der Waals surface area contributed by atoms with Gasteiger partial charge in [-0.05, 0) is 42.8 Å². The second kappa shape index (κ2) is 9.75. The van der Waals surface area contributed by atoms with Crippen LogP contribution in [-0.4, -0.2) is 40.8 Å². The summed E-state index contributed by atoms with van der Waals surface area (Å²) < 4.78 is 5.86. The Hall–Kier alpha value is -3.06. The largest absolute Gasteiger partial charge is 0.489 e. The lowest BCUT2D eigenvalue weighted by atomic mass is 10.1. The van der Waals surface area contributed by atoms with Gasteiger partial charge in [-0.25, -0.2) is 4.98 Å². The van der Waals surface area contributed by atoms with Crippen LogP contribution in [0.3, 0.4) is 0 Å². The molecule has 0 radical (unpaired) electrons. The lowest BCUT2D eigenvalue weighted by Gasteiger charge is -2.18. The van der Waals surface area contributed by atoms with E-state index in [1.165, 1.54) is 6.33 Å². The first-order valence-corrected chi connectivity index (χ1v) is 9.33. The number of H-pyrrole nitrogens is 1. The number of nitrogens with zero attached hydrogens (tertiary/aromatic N) is 3. The van der Waals surface area contributed by atoms with Crippen molar-refractivity contribution < 1.29 is 4.74 Å². The van der Waals surface area contributed by atoms with Crippen LogP contribution in [0.1, 0.15) is 12.5 Å². The van der Waals surface area contributed by atoms with E-state index >= 15 is 0 Å². The Labute approximate surface area is 169 Å². The number of aliphatic imine (C=N–C) groups is 1. The molecule has 1 heterocycles. The van der Waals surface area contributed by atoms with Crippen LogP contribution in [-0.2, 0) is 6.54 Å². The summed E-state index contributed by atoms with van der Waals surface area (Å²) in [5.74, 6) is 2.24. The fourth-order valence-electron chi connectivity index (χ4n) is 2.61. The van der Waals surface area contributed by atoms with Gasteiger partial charge in [-0.1, -0.05) is 29.8 Å². The maximum atomic E-state index is 5.89. The first-order valence-electron chi connectivity index (χ1n) is 8.95. The van der Waals surface area contributed by atoms with E-state index in [1.807, 2.05) is 49.4 Å². The van der Waals surface area contributed by atoms with E-state index < -0.39 is 0 Å². The molecule has 0 fully saturated rings. The summed E-state index contributed by atoms with van der Waals surface area (Å²) in [4.78, 5) is 8.44. The molecule has 1 aromatic heterocycles. The third-order valence-electron chi connectivity index (χ3n) is 4.01. The van der Waals surface area contributed by atoms with Crippen molar-refractivity contribution in [2.45, 2.75) is 19.6 Å². The van der Waals surface area contributed by atoms with Crippen molar-refractivity contribution in [3.63, 3.8) is 0 Å². The first kappa shape index (κ1) is 19.7. The molecule has 28 heavy (non-hydrogen) atoms. The standard InChI is InChI=1S/C20H23ClN6O/c1-14(28-18-8-6-17(21)7-9-18)11-23-20(22-2)24-12-15-4-3-5-16(10-15)19-25-13-26-27-19/h3-10,13-14H,11-12H2,1-2H3,(H2,22,23,24)(H,25,26,27). The van der Waals surface area contributed by atoms with Gasteiger partial charge in [-0.15, -0.1) is 0 Å². The Morgan fingerprint density at radius 1 is 1.21 bits per heavy atom. The van der Waals surface area contributed by atoms with Gasteiger partial charge in [0.2, 0.25) is 0 Å². The van der Waals surface area contributed by atoms with Gasteiger partial charge in [0.25, 0.3) is 0 Å². The summed E-state index contributed by atoms with van der Waals surface area (Å²) in [6, 6.07) is 15.4. The average molecular weight is 399 g/mol. The molecule has 0 saturated carbocycles. The van der Waals surface area contributed by atoms with E-state index in [2.05, 4.69) is 36.9 Å². The zero-order chi connectivity index (χ0) is 19.8. The average Bonchev–Trinajstić information content (AvgIpc) is 3.25. The molecule has 0 aliphatic heterocycles. The number of hydrogen-bond acceptors (Lipinski definition) is 4. The molecule has 8 heteroatoms. The van der Waals surface area contributed by atoms with Gasteiger partial charge in [-0.3, -0.25) is 10.1 Å². The fourth-order valence-corrected chi connectivity index (χ4v) is 2.73. The summed E-state index contributed by atoms with van der Waals surface area (Å²) in [5, 5.41) is 14.0. The summed E-state index contributed by atoms with van der Waals surface area (Å²) in [5.41, 5.74) is 2.10. The van der Waals surface area contributed by atoms with Crippen molar-refractivity contribution in [2.75, 3.05) is 13.6 Å². The topological polar surface area (TPSA) is 87.2 Å². The smallest absolute Gasteiger partial charge is 0.191 e. The number of rotatable bonds is 7. The van der Waals surface area contributed by atoms with Gasteiger partial charge in [0.15, 0.2) is 11.8 Å². The summed E-state index contributed by atoms with van der Waals surface area (Å²) in [6.45, 7) is 3.24. The highest BCUT2D eigenvalue weighted by atomic mass is 35.5. The normalized spacial score (nSPS) is 12.5. The predicted octanol–water partition coefficient (Wildman–Crippen LogP) is 3.26. The van der Waals surface area contributed by atoms with Crippen molar-refractivity contribution in [1.82, 2.24) is 25.8 Å². The lowest BCUT2D eigenvalue weighted by Crippen LogP contribution is -2.41. The zero-order valence-electron chi connectivity index (χ0n) is 15.8. The minimum absolute atomic E-state index is 0.0329. The highest BCUT2D eigenvalue weighted by molar-refractivity contribution is 6.30. The molecular formula is C20H23ClN6O. The maximum absolute atomic E-state index is 5.89. The minimum Gasteiger partial charge on any atom is -0.489 e. The Kier molecular flexibility index (Phi) is 6.86. The predicted molar refractivity (Wildman–Crippen MR) is 112 cm³/mol. The molecule has 2 aromatic carbocycles. The van der Waals surface area contributed by atoms with Crippen LogP contribution in [0.15, 0.2) is 59.9 Å². The van der Waals surface area contributed by atoms with Crippen LogP contribution in [0, 0.1) is 0 Å². The molecule has 0 bridgehead atoms. The molecule has 7 nitrogen and oxygen atoms in total. The van der Waals surface area contributed by atoms with E-state index in [1.54, 1.807) is 7.05 Å². The number of halogens is 1. The monoisotopic (exact) mass is 398 g/mol. The van der Waals surface area contributed by atoms with E-state index in [9.17, 15) is 0 Å². The molecule has 1 unspecified atom stereocenters. The number of nitrogens with one attached hydrogen (secondary N) is 3. The third-order valence-corrected chi connectivity index (χ3v) is 4.26. The van der Waals surface area contributed by atoms with Crippen LogP contribution in [0.4, 0.5) is 0 Å². The highest BCUT2D eigenvalue weighted by Gasteiger charge is 2.07. The van der Waals surface area contributed by atoms with Gasteiger partial charge >= 0.3 is 0 Å². The molecule has 3 rings (SSSR count). The lowest BCUT2D eigenvalue weighted by molar-refractivity contribution is 0.224. The van der Waals surface area contributed by atoms with Crippen LogP contribution in [0.2, 0.25) is 5.02 Å². The van der Waals surface area contributed by atoms with Gasteiger partial charge in [0.05, 0.1) is 6.54 Å². The van der Waals surface area contributed by atoms with Gasteiger partial charge in [0, 0.05) is 24.2 Å². The Balaban J connectivity index is 1.48. The minimum atomic E-state index is -0.0329. The van der Waals surface area contributed by atoms with Gasteiger partial charge in [-0.2, -0.15) is 5.10 Å². The van der Waals surface area contributed by atoms with Crippen molar-refractivity contribution in [1.29, 1.82) is 0 Å². The fraction of sp³-hybridized carbons (Fsp3) is 0.250. The number of aromatic nitrogens is 3. The van der Waals surface area contributed by atoms with Crippen molar-refractivity contribution >= 4 is 17.6 Å². The molecule has 0 saturated heterocycles. The number of hydrogen-bond donors (Lipinski definition) is 3. The molecule has 0 spiro atoms. The van der Waals surface area contributed by atoms with Gasteiger partial charge < -0.3 is 15.4 Å². The second-order valence-corrected chi connectivity index (χ2v) is 6.66. The van der Waals surface area contributed by atoms with Crippen LogP contribution >= 0.6 is 11.6 Å². The van der Waals surface area contributed by atoms with E-state index in [0.29, 0.717) is 24.1 Å². The maximum Gasteiger partial charge on any atom is 0.191 e. The molecule has 0 amide bonds. The number of aromatic amines is 1. The van der Waals surface area contributed by atoms with E-state index in [-0.39, 0.29) is 6.10 Å². The van der Waals surface area contributed by atoms with Gasteiger partial charge in [0.1, 0.15) is 18.2 Å². The third kappa shape index (κ3) is 5.72. The highest BCUT2D eigenvalue weighted by Crippen LogP contribution is 2.17. The van der Waals surface area contributed by atoms with Crippen molar-refractivity contribution in [3.8, 4) is 17.1 Å². The number of guanidine groups is 1. The number of ether oxygens (including phenoxy) is 1. The molecule has 3 N–H and O–H groups in total. The van der Waals surface area contributed by atoms with Crippen LogP contribution < -0.4 is 15.4 Å². The van der Waals surface area contributed by atoms with E-state index in [4.69, 9.17) is 16.3 Å². The zero-order valence-corrected chi connectivity index (χ0v) is 16.6. The van der Waals surface area contributed by atoms with E-state index in [0.717, 1.165) is 22.7 Å². The molecule has 0 aliphatic carbocycles. The Bertz CT molecular complexity index is 895. The molecular weight excluding hydrogens is 376 g/mol. The Morgan fingerprint density at radius 3 is 2.75 bits per heavy atom. The molecule has 3 aromatic rings. The summed E-state index contributed by atoms with van der Waals surface area (Å²) in [7, 11) is 1.74. The number of benzene rings is 2. The SMILES string of the molecule is CN=C(NCc1cccc(-c2ncn[nH]2)c1)NCC(C)Oc1ccc(Cl)cc1. The quantitative estimate of drug-likeness (QED) is 0.420. The summed E-state index contributed by atoms with van der Waals surface area (Å²) in [6.07, 6.45) is 1.47. The molecule has 146 valence electrons. The Morgan fingerprint density at radius 2 is 2.04 bits per heavy atom.